The zero-order chi connectivity index (χ0) is 11.8. The van der Waals surface area contributed by atoms with Crippen molar-refractivity contribution < 1.29 is 13.5 Å². The highest BCUT2D eigenvalue weighted by atomic mass is 19.3. The number of aromatic nitrogens is 1. The average molecular weight is 233 g/mol. The van der Waals surface area contributed by atoms with E-state index in [9.17, 15) is 8.78 Å². The van der Waals surface area contributed by atoms with Crippen molar-refractivity contribution in [1.82, 2.24) is 4.98 Å². The van der Waals surface area contributed by atoms with E-state index in [0.717, 1.165) is 28.8 Å². The predicted octanol–water partition coefficient (Wildman–Crippen LogP) is 3.25. The fourth-order valence-electron chi connectivity index (χ4n) is 2.15. The molecule has 0 aliphatic heterocycles. The van der Waals surface area contributed by atoms with E-state index in [1.165, 1.54) is 0 Å². The molecule has 0 fully saturated rings. The van der Waals surface area contributed by atoms with Crippen LogP contribution >= 0.6 is 0 Å². The topological polar surface area (TPSA) is 22.1 Å². The van der Waals surface area contributed by atoms with Crippen LogP contribution in [0.25, 0.3) is 11.3 Å². The van der Waals surface area contributed by atoms with E-state index in [1.807, 2.05) is 12.1 Å². The molecule has 2 aromatic rings. The van der Waals surface area contributed by atoms with E-state index >= 15 is 0 Å². The van der Waals surface area contributed by atoms with Gasteiger partial charge in [0.2, 0.25) is 0 Å². The molecule has 0 saturated heterocycles. The number of halogens is 2. The third-order valence-corrected chi connectivity index (χ3v) is 2.83. The zero-order valence-corrected chi connectivity index (χ0v) is 8.86. The van der Waals surface area contributed by atoms with Crippen molar-refractivity contribution in [2.45, 2.75) is 13.0 Å². The van der Waals surface area contributed by atoms with E-state index in [1.54, 1.807) is 24.4 Å². The van der Waals surface area contributed by atoms with Crippen molar-refractivity contribution in [3.63, 3.8) is 0 Å². The van der Waals surface area contributed by atoms with Crippen molar-refractivity contribution in [2.75, 3.05) is 0 Å². The lowest BCUT2D eigenvalue weighted by atomic mass is 10.1. The maximum absolute atomic E-state index is 12.1. The van der Waals surface area contributed by atoms with Gasteiger partial charge in [0.15, 0.2) is 0 Å². The SMILES string of the molecule is FC(F)Oc1ccc2c(c1)Cc1cccnc1-2. The molecule has 3 rings (SSSR count). The molecule has 1 aliphatic rings. The Balaban J connectivity index is 2.01. The van der Waals surface area contributed by atoms with E-state index < -0.39 is 6.61 Å². The fourth-order valence-corrected chi connectivity index (χ4v) is 2.15. The van der Waals surface area contributed by atoms with Crippen LogP contribution in [0, 0.1) is 0 Å². The highest BCUT2D eigenvalue weighted by Crippen LogP contribution is 2.36. The van der Waals surface area contributed by atoms with Crippen molar-refractivity contribution >= 4 is 0 Å². The summed E-state index contributed by atoms with van der Waals surface area (Å²) in [5.74, 6) is 0.201. The first-order chi connectivity index (χ1) is 8.24. The second kappa shape index (κ2) is 3.80. The highest BCUT2D eigenvalue weighted by molar-refractivity contribution is 5.74. The molecule has 4 heteroatoms. The van der Waals surface area contributed by atoms with Gasteiger partial charge in [-0.05, 0) is 35.4 Å². The summed E-state index contributed by atoms with van der Waals surface area (Å²) in [6, 6.07) is 8.86. The van der Waals surface area contributed by atoms with Gasteiger partial charge in [0.25, 0.3) is 0 Å². The van der Waals surface area contributed by atoms with Gasteiger partial charge in [0.05, 0.1) is 5.69 Å². The van der Waals surface area contributed by atoms with Crippen molar-refractivity contribution in [3.8, 4) is 17.0 Å². The minimum Gasteiger partial charge on any atom is -0.435 e. The van der Waals surface area contributed by atoms with Gasteiger partial charge >= 0.3 is 6.61 Å². The normalized spacial score (nSPS) is 12.4. The molecular weight excluding hydrogens is 224 g/mol. The zero-order valence-electron chi connectivity index (χ0n) is 8.86. The lowest BCUT2D eigenvalue weighted by Gasteiger charge is -2.06. The van der Waals surface area contributed by atoms with Crippen LogP contribution in [0.1, 0.15) is 11.1 Å². The Morgan fingerprint density at radius 3 is 2.88 bits per heavy atom. The minimum absolute atomic E-state index is 0.201. The lowest BCUT2D eigenvalue weighted by molar-refractivity contribution is -0.0498. The van der Waals surface area contributed by atoms with E-state index in [-0.39, 0.29) is 5.75 Å². The van der Waals surface area contributed by atoms with Gasteiger partial charge in [0, 0.05) is 18.2 Å². The Morgan fingerprint density at radius 1 is 1.18 bits per heavy atom. The third kappa shape index (κ3) is 1.75. The second-order valence-electron chi connectivity index (χ2n) is 3.89. The van der Waals surface area contributed by atoms with Gasteiger partial charge in [-0.1, -0.05) is 6.07 Å². The van der Waals surface area contributed by atoms with Crippen LogP contribution in [0.15, 0.2) is 36.5 Å². The van der Waals surface area contributed by atoms with Gasteiger partial charge in [0.1, 0.15) is 5.75 Å². The fraction of sp³-hybridized carbons (Fsp3) is 0.154. The molecule has 0 spiro atoms. The lowest BCUT2D eigenvalue weighted by Crippen LogP contribution is -2.02. The summed E-state index contributed by atoms with van der Waals surface area (Å²) < 4.78 is 28.6. The van der Waals surface area contributed by atoms with Gasteiger partial charge in [-0.25, -0.2) is 0 Å². The van der Waals surface area contributed by atoms with Crippen molar-refractivity contribution in [1.29, 1.82) is 0 Å². The van der Waals surface area contributed by atoms with Crippen molar-refractivity contribution in [2.24, 2.45) is 0 Å². The number of pyridine rings is 1. The molecule has 0 amide bonds. The van der Waals surface area contributed by atoms with Crippen LogP contribution in [-0.2, 0) is 6.42 Å². The first kappa shape index (κ1) is 10.2. The maximum atomic E-state index is 12.1. The molecule has 2 nitrogen and oxygen atoms in total. The predicted molar refractivity (Wildman–Crippen MR) is 59.1 cm³/mol. The molecular formula is C13H9F2NO. The second-order valence-corrected chi connectivity index (χ2v) is 3.89. The van der Waals surface area contributed by atoms with Crippen LogP contribution in [0.2, 0.25) is 0 Å². The Morgan fingerprint density at radius 2 is 2.06 bits per heavy atom. The number of hydrogen-bond donors (Lipinski definition) is 0. The monoisotopic (exact) mass is 233 g/mol. The number of rotatable bonds is 2. The summed E-state index contributed by atoms with van der Waals surface area (Å²) in [5, 5.41) is 0. The first-order valence-corrected chi connectivity index (χ1v) is 5.26. The summed E-state index contributed by atoms with van der Waals surface area (Å²) in [4.78, 5) is 4.30. The standard InChI is InChI=1S/C13H9F2NO/c14-13(15)17-10-3-4-11-9(7-10)6-8-2-1-5-16-12(8)11/h1-5,7,13H,6H2. The number of alkyl halides is 2. The van der Waals surface area contributed by atoms with Crippen LogP contribution in [0.4, 0.5) is 8.78 Å². The van der Waals surface area contributed by atoms with Gasteiger partial charge < -0.3 is 4.74 Å². The third-order valence-electron chi connectivity index (χ3n) is 2.83. The van der Waals surface area contributed by atoms with E-state index in [2.05, 4.69) is 9.72 Å². The maximum Gasteiger partial charge on any atom is 0.387 e. The Kier molecular flexibility index (Phi) is 2.28. The molecule has 0 saturated carbocycles. The Bertz CT molecular complexity index is 569. The summed E-state index contributed by atoms with van der Waals surface area (Å²) in [6.07, 6.45) is 2.45. The number of ether oxygens (including phenoxy) is 1. The number of hydrogen-bond acceptors (Lipinski definition) is 2. The molecule has 0 unspecified atom stereocenters. The molecule has 0 atom stereocenters. The van der Waals surface area contributed by atoms with Crippen molar-refractivity contribution in [3.05, 3.63) is 47.7 Å². The molecule has 1 aromatic heterocycles. The molecule has 0 N–H and O–H groups in total. The first-order valence-electron chi connectivity index (χ1n) is 5.26. The molecule has 1 heterocycles. The van der Waals surface area contributed by atoms with Gasteiger partial charge in [-0.2, -0.15) is 8.78 Å². The Labute approximate surface area is 96.9 Å². The number of nitrogens with zero attached hydrogens (tertiary/aromatic N) is 1. The van der Waals surface area contributed by atoms with Crippen LogP contribution in [0.3, 0.4) is 0 Å². The highest BCUT2D eigenvalue weighted by Gasteiger charge is 2.20. The quantitative estimate of drug-likeness (QED) is 0.677. The molecule has 17 heavy (non-hydrogen) atoms. The largest absolute Gasteiger partial charge is 0.435 e. The summed E-state index contributed by atoms with van der Waals surface area (Å²) in [6.45, 7) is -2.78. The number of benzene rings is 1. The molecule has 0 radical (unpaired) electrons. The summed E-state index contributed by atoms with van der Waals surface area (Å²) in [7, 11) is 0. The molecule has 0 bridgehead atoms. The van der Waals surface area contributed by atoms with Gasteiger partial charge in [-0.15, -0.1) is 0 Å². The average Bonchev–Trinajstić information content (AvgIpc) is 2.65. The van der Waals surface area contributed by atoms with Crippen LogP contribution < -0.4 is 4.74 Å². The van der Waals surface area contributed by atoms with Gasteiger partial charge in [-0.3, -0.25) is 4.98 Å². The molecule has 1 aliphatic carbocycles. The van der Waals surface area contributed by atoms with E-state index in [4.69, 9.17) is 0 Å². The minimum atomic E-state index is -2.78. The van der Waals surface area contributed by atoms with E-state index in [0.29, 0.717) is 0 Å². The molecule has 86 valence electrons. The number of fused-ring (bicyclic) bond motifs is 3. The summed E-state index contributed by atoms with van der Waals surface area (Å²) in [5.41, 5.74) is 4.04. The smallest absolute Gasteiger partial charge is 0.387 e. The van der Waals surface area contributed by atoms with Crippen LogP contribution in [0.5, 0.6) is 5.75 Å². The molecule has 1 aromatic carbocycles. The Hall–Kier alpha value is -1.97. The van der Waals surface area contributed by atoms with Crippen LogP contribution in [-0.4, -0.2) is 11.6 Å². The summed E-state index contributed by atoms with van der Waals surface area (Å²) >= 11 is 0.